The first-order chi connectivity index (χ1) is 9.79. The molecule has 3 nitrogen and oxygen atoms in total. The van der Waals surface area contributed by atoms with Crippen LogP contribution in [0.5, 0.6) is 11.5 Å². The highest BCUT2D eigenvalue weighted by molar-refractivity contribution is 6.01. The van der Waals surface area contributed by atoms with Crippen molar-refractivity contribution in [2.45, 2.75) is 12.3 Å². The first-order valence-electron chi connectivity index (χ1n) is 6.69. The largest absolute Gasteiger partial charge is 0.497 e. The van der Waals surface area contributed by atoms with Crippen LogP contribution in [-0.2, 0) is 0 Å². The molecule has 1 atom stereocenters. The van der Waals surface area contributed by atoms with Gasteiger partial charge in [-0.1, -0.05) is 18.2 Å². The Balaban J connectivity index is 1.91. The van der Waals surface area contributed by atoms with E-state index in [9.17, 15) is 4.79 Å². The lowest BCUT2D eigenvalue weighted by Gasteiger charge is -2.24. The molecule has 0 amide bonds. The molecular formula is C17H16O3. The number of carbonyl (C=O) groups is 1. The van der Waals surface area contributed by atoms with Crippen LogP contribution in [0.25, 0.3) is 0 Å². The van der Waals surface area contributed by atoms with E-state index in [1.165, 1.54) is 0 Å². The number of Topliss-reactive ketones (excluding diaryl/α,β-unsaturated/α-hetero) is 1. The van der Waals surface area contributed by atoms with Crippen molar-refractivity contribution >= 4 is 5.78 Å². The van der Waals surface area contributed by atoms with Gasteiger partial charge < -0.3 is 9.47 Å². The van der Waals surface area contributed by atoms with E-state index >= 15 is 0 Å². The van der Waals surface area contributed by atoms with Crippen LogP contribution in [-0.4, -0.2) is 19.5 Å². The second-order valence-electron chi connectivity index (χ2n) is 4.82. The minimum Gasteiger partial charge on any atom is -0.497 e. The van der Waals surface area contributed by atoms with Crippen molar-refractivity contribution in [3.8, 4) is 11.5 Å². The molecule has 20 heavy (non-hydrogen) atoms. The summed E-state index contributed by atoms with van der Waals surface area (Å²) in [4.78, 5) is 12.7. The van der Waals surface area contributed by atoms with Crippen molar-refractivity contribution in [3.05, 3.63) is 59.7 Å². The number of methoxy groups -OCH3 is 1. The van der Waals surface area contributed by atoms with Gasteiger partial charge in [0.15, 0.2) is 5.78 Å². The van der Waals surface area contributed by atoms with Crippen molar-refractivity contribution < 1.29 is 14.3 Å². The van der Waals surface area contributed by atoms with E-state index in [4.69, 9.17) is 9.47 Å². The number of fused-ring (bicyclic) bond motifs is 1. The average molecular weight is 268 g/mol. The van der Waals surface area contributed by atoms with Gasteiger partial charge in [0, 0.05) is 11.1 Å². The third-order valence-corrected chi connectivity index (χ3v) is 3.65. The quantitative estimate of drug-likeness (QED) is 0.800. The van der Waals surface area contributed by atoms with E-state index in [2.05, 4.69) is 0 Å². The molecule has 1 aliphatic rings. The number of hydrogen-bond donors (Lipinski definition) is 0. The Morgan fingerprint density at radius 2 is 1.90 bits per heavy atom. The second-order valence-corrected chi connectivity index (χ2v) is 4.82. The lowest BCUT2D eigenvalue weighted by Crippen LogP contribution is -2.21. The smallest absolute Gasteiger partial charge is 0.170 e. The molecule has 0 fully saturated rings. The van der Waals surface area contributed by atoms with Crippen molar-refractivity contribution in [3.63, 3.8) is 0 Å². The Labute approximate surface area is 118 Å². The predicted molar refractivity (Wildman–Crippen MR) is 76.6 cm³/mol. The normalized spacial score (nSPS) is 16.9. The SMILES string of the molecule is COc1ccc(C(=O)C2CCOc3ccccc32)cc1. The number of ether oxygens (including phenoxy) is 2. The first-order valence-corrected chi connectivity index (χ1v) is 6.69. The van der Waals surface area contributed by atoms with Gasteiger partial charge in [0.05, 0.1) is 19.6 Å². The van der Waals surface area contributed by atoms with E-state index in [0.29, 0.717) is 12.2 Å². The van der Waals surface area contributed by atoms with Crippen LogP contribution >= 0.6 is 0 Å². The van der Waals surface area contributed by atoms with Crippen LogP contribution in [0.4, 0.5) is 0 Å². The molecule has 0 bridgehead atoms. The summed E-state index contributed by atoms with van der Waals surface area (Å²) in [5.41, 5.74) is 1.70. The van der Waals surface area contributed by atoms with Crippen LogP contribution in [0, 0.1) is 0 Å². The summed E-state index contributed by atoms with van der Waals surface area (Å²) in [6, 6.07) is 15.0. The van der Waals surface area contributed by atoms with Gasteiger partial charge >= 0.3 is 0 Å². The molecule has 1 heterocycles. The third-order valence-electron chi connectivity index (χ3n) is 3.65. The van der Waals surface area contributed by atoms with Gasteiger partial charge in [-0.2, -0.15) is 0 Å². The lowest BCUT2D eigenvalue weighted by atomic mass is 9.86. The molecule has 3 rings (SSSR count). The maximum Gasteiger partial charge on any atom is 0.170 e. The van der Waals surface area contributed by atoms with Gasteiger partial charge in [-0.3, -0.25) is 4.79 Å². The second kappa shape index (κ2) is 5.37. The number of carbonyl (C=O) groups excluding carboxylic acids is 1. The van der Waals surface area contributed by atoms with Gasteiger partial charge in [-0.15, -0.1) is 0 Å². The maximum atomic E-state index is 12.7. The fraction of sp³-hybridized carbons (Fsp3) is 0.235. The first kappa shape index (κ1) is 12.7. The fourth-order valence-corrected chi connectivity index (χ4v) is 2.57. The molecule has 0 N–H and O–H groups in total. The van der Waals surface area contributed by atoms with Gasteiger partial charge in [-0.05, 0) is 36.8 Å². The molecule has 0 saturated heterocycles. The Morgan fingerprint density at radius 1 is 1.15 bits per heavy atom. The van der Waals surface area contributed by atoms with Crippen LogP contribution in [0.1, 0.15) is 28.3 Å². The Bertz CT molecular complexity index is 616. The highest BCUT2D eigenvalue weighted by Gasteiger charge is 2.28. The molecule has 3 heteroatoms. The molecule has 102 valence electrons. The minimum absolute atomic E-state index is 0.117. The zero-order valence-corrected chi connectivity index (χ0v) is 11.3. The Morgan fingerprint density at radius 3 is 2.65 bits per heavy atom. The monoisotopic (exact) mass is 268 g/mol. The zero-order chi connectivity index (χ0) is 13.9. The van der Waals surface area contributed by atoms with Crippen molar-refractivity contribution in [1.82, 2.24) is 0 Å². The van der Waals surface area contributed by atoms with Gasteiger partial charge in [0.1, 0.15) is 11.5 Å². The maximum absolute atomic E-state index is 12.7. The lowest BCUT2D eigenvalue weighted by molar-refractivity contribution is 0.0933. The van der Waals surface area contributed by atoms with E-state index in [0.717, 1.165) is 23.5 Å². The number of rotatable bonds is 3. The number of hydrogen-bond acceptors (Lipinski definition) is 3. The summed E-state index contributed by atoms with van der Waals surface area (Å²) in [5.74, 6) is 1.61. The molecule has 0 saturated carbocycles. The third kappa shape index (κ3) is 2.27. The highest BCUT2D eigenvalue weighted by Crippen LogP contribution is 2.35. The predicted octanol–water partition coefficient (Wildman–Crippen LogP) is 3.44. The fourth-order valence-electron chi connectivity index (χ4n) is 2.57. The molecule has 2 aromatic carbocycles. The summed E-state index contributed by atoms with van der Waals surface area (Å²) < 4.78 is 10.7. The summed E-state index contributed by atoms with van der Waals surface area (Å²) in [6.45, 7) is 0.587. The van der Waals surface area contributed by atoms with Crippen molar-refractivity contribution in [1.29, 1.82) is 0 Å². The van der Waals surface area contributed by atoms with Crippen LogP contribution < -0.4 is 9.47 Å². The highest BCUT2D eigenvalue weighted by atomic mass is 16.5. The van der Waals surface area contributed by atoms with E-state index in [1.807, 2.05) is 48.5 Å². The summed E-state index contributed by atoms with van der Waals surface area (Å²) in [7, 11) is 1.62. The van der Waals surface area contributed by atoms with Crippen LogP contribution in [0.15, 0.2) is 48.5 Å². The van der Waals surface area contributed by atoms with Crippen LogP contribution in [0.3, 0.4) is 0 Å². The summed E-state index contributed by atoms with van der Waals surface area (Å²) in [6.07, 6.45) is 0.724. The molecule has 0 aromatic heterocycles. The number of ketones is 1. The zero-order valence-electron chi connectivity index (χ0n) is 11.3. The van der Waals surface area contributed by atoms with Gasteiger partial charge in [0.25, 0.3) is 0 Å². The number of para-hydroxylation sites is 1. The van der Waals surface area contributed by atoms with E-state index in [1.54, 1.807) is 7.11 Å². The number of benzene rings is 2. The van der Waals surface area contributed by atoms with E-state index in [-0.39, 0.29) is 11.7 Å². The Hall–Kier alpha value is -2.29. The molecular weight excluding hydrogens is 252 g/mol. The average Bonchev–Trinajstić information content (AvgIpc) is 2.54. The molecule has 0 radical (unpaired) electrons. The van der Waals surface area contributed by atoms with Crippen molar-refractivity contribution in [2.75, 3.05) is 13.7 Å². The minimum atomic E-state index is -0.117. The summed E-state index contributed by atoms with van der Waals surface area (Å²) >= 11 is 0. The molecule has 1 unspecified atom stereocenters. The topological polar surface area (TPSA) is 35.5 Å². The molecule has 0 spiro atoms. The standard InChI is InChI=1S/C17H16O3/c1-19-13-8-6-12(7-9-13)17(18)15-10-11-20-16-5-3-2-4-14(15)16/h2-9,15H,10-11H2,1H3. The van der Waals surface area contributed by atoms with Crippen LogP contribution in [0.2, 0.25) is 0 Å². The molecule has 1 aliphatic heterocycles. The van der Waals surface area contributed by atoms with E-state index < -0.39 is 0 Å². The van der Waals surface area contributed by atoms with Gasteiger partial charge in [0.2, 0.25) is 0 Å². The molecule has 2 aromatic rings. The van der Waals surface area contributed by atoms with Gasteiger partial charge in [-0.25, -0.2) is 0 Å². The Kier molecular flexibility index (Phi) is 3.42. The summed E-state index contributed by atoms with van der Waals surface area (Å²) in [5, 5.41) is 0. The van der Waals surface area contributed by atoms with Crippen molar-refractivity contribution in [2.24, 2.45) is 0 Å². The molecule has 0 aliphatic carbocycles.